The molecule has 1 heterocycles. The zero-order valence-corrected chi connectivity index (χ0v) is 10.5. The highest BCUT2D eigenvalue weighted by Crippen LogP contribution is 2.32. The molecule has 92 valence electrons. The van der Waals surface area contributed by atoms with Crippen LogP contribution in [0.3, 0.4) is 0 Å². The molecule has 1 aromatic heterocycles. The standard InChI is InChI=1S/C17H14N2/c18-11-10-14(13-6-2-1-3-7-13)16-12-19-17-9-5-4-8-15(16)17/h1-9,12,14,19H,10H2. The smallest absolute Gasteiger partial charge is 0.0631 e. The number of hydrogen-bond acceptors (Lipinski definition) is 1. The number of fused-ring (bicyclic) bond motifs is 1. The molecule has 0 aliphatic heterocycles. The molecule has 0 aliphatic rings. The molecule has 0 saturated heterocycles. The van der Waals surface area contributed by atoms with Crippen molar-refractivity contribution in [1.29, 1.82) is 5.26 Å². The predicted molar refractivity (Wildman–Crippen MR) is 76.8 cm³/mol. The van der Waals surface area contributed by atoms with E-state index < -0.39 is 0 Å². The van der Waals surface area contributed by atoms with E-state index in [0.717, 1.165) is 5.52 Å². The Kier molecular flexibility index (Phi) is 3.04. The van der Waals surface area contributed by atoms with Crippen LogP contribution in [0.25, 0.3) is 10.9 Å². The topological polar surface area (TPSA) is 39.6 Å². The Balaban J connectivity index is 2.13. The van der Waals surface area contributed by atoms with Gasteiger partial charge in [-0.1, -0.05) is 48.5 Å². The molecule has 0 saturated carbocycles. The molecule has 0 bridgehead atoms. The van der Waals surface area contributed by atoms with Crippen LogP contribution in [0.15, 0.2) is 60.8 Å². The van der Waals surface area contributed by atoms with Gasteiger partial charge in [-0.05, 0) is 17.2 Å². The lowest BCUT2D eigenvalue weighted by Gasteiger charge is -2.13. The van der Waals surface area contributed by atoms with E-state index in [1.165, 1.54) is 16.5 Å². The van der Waals surface area contributed by atoms with Gasteiger partial charge in [-0.25, -0.2) is 0 Å². The van der Waals surface area contributed by atoms with Crippen molar-refractivity contribution in [3.8, 4) is 6.07 Å². The van der Waals surface area contributed by atoms with Gasteiger partial charge in [0, 0.05) is 29.4 Å². The second kappa shape index (κ2) is 4.99. The molecule has 0 spiro atoms. The van der Waals surface area contributed by atoms with Gasteiger partial charge in [-0.2, -0.15) is 5.26 Å². The summed E-state index contributed by atoms with van der Waals surface area (Å²) in [4.78, 5) is 3.29. The summed E-state index contributed by atoms with van der Waals surface area (Å²) < 4.78 is 0. The van der Waals surface area contributed by atoms with Crippen molar-refractivity contribution in [1.82, 2.24) is 4.98 Å². The third-order valence-corrected chi connectivity index (χ3v) is 3.49. The van der Waals surface area contributed by atoms with Gasteiger partial charge >= 0.3 is 0 Å². The van der Waals surface area contributed by atoms with Gasteiger partial charge in [0.05, 0.1) is 6.07 Å². The number of aromatic amines is 1. The molecule has 3 aromatic rings. The molecular formula is C17H14N2. The Morgan fingerprint density at radius 3 is 2.53 bits per heavy atom. The Labute approximate surface area is 112 Å². The lowest BCUT2D eigenvalue weighted by atomic mass is 9.89. The average Bonchev–Trinajstić information content (AvgIpc) is 2.89. The van der Waals surface area contributed by atoms with Crippen molar-refractivity contribution in [2.45, 2.75) is 12.3 Å². The zero-order chi connectivity index (χ0) is 13.1. The molecule has 19 heavy (non-hydrogen) atoms. The summed E-state index contributed by atoms with van der Waals surface area (Å²) in [7, 11) is 0. The molecule has 1 unspecified atom stereocenters. The summed E-state index contributed by atoms with van der Waals surface area (Å²) in [6.45, 7) is 0. The number of benzene rings is 2. The molecular weight excluding hydrogens is 232 g/mol. The van der Waals surface area contributed by atoms with E-state index in [4.69, 9.17) is 5.26 Å². The van der Waals surface area contributed by atoms with E-state index >= 15 is 0 Å². The average molecular weight is 246 g/mol. The normalized spacial score (nSPS) is 12.2. The molecule has 0 amide bonds. The lowest BCUT2D eigenvalue weighted by Crippen LogP contribution is -1.99. The first kappa shape index (κ1) is 11.6. The van der Waals surface area contributed by atoms with Gasteiger partial charge < -0.3 is 4.98 Å². The van der Waals surface area contributed by atoms with Crippen LogP contribution in [0, 0.1) is 11.3 Å². The fraction of sp³-hybridized carbons (Fsp3) is 0.118. The molecule has 0 fully saturated rings. The molecule has 0 aliphatic carbocycles. The second-order valence-electron chi connectivity index (χ2n) is 4.62. The van der Waals surface area contributed by atoms with Gasteiger partial charge in [-0.15, -0.1) is 0 Å². The van der Waals surface area contributed by atoms with E-state index in [2.05, 4.69) is 35.3 Å². The predicted octanol–water partition coefficient (Wildman–Crippen LogP) is 4.21. The van der Waals surface area contributed by atoms with Crippen LogP contribution in [-0.2, 0) is 0 Å². The minimum atomic E-state index is 0.127. The molecule has 1 atom stereocenters. The van der Waals surface area contributed by atoms with Crippen LogP contribution >= 0.6 is 0 Å². The van der Waals surface area contributed by atoms with Gasteiger partial charge in [0.2, 0.25) is 0 Å². The highest BCUT2D eigenvalue weighted by Gasteiger charge is 2.17. The quantitative estimate of drug-likeness (QED) is 0.738. The Morgan fingerprint density at radius 2 is 1.74 bits per heavy atom. The largest absolute Gasteiger partial charge is 0.361 e. The maximum Gasteiger partial charge on any atom is 0.0631 e. The van der Waals surface area contributed by atoms with Crippen LogP contribution in [0.2, 0.25) is 0 Å². The van der Waals surface area contributed by atoms with E-state index in [1.807, 2.05) is 36.5 Å². The molecule has 2 heteroatoms. The summed E-state index contributed by atoms with van der Waals surface area (Å²) in [6, 6.07) is 20.7. The van der Waals surface area contributed by atoms with Crippen molar-refractivity contribution < 1.29 is 0 Å². The summed E-state index contributed by atoms with van der Waals surface area (Å²) in [5.74, 6) is 0.127. The number of nitrogens with zero attached hydrogens (tertiary/aromatic N) is 1. The fourth-order valence-electron chi connectivity index (χ4n) is 2.57. The van der Waals surface area contributed by atoms with Crippen molar-refractivity contribution in [2.75, 3.05) is 0 Å². The molecule has 1 N–H and O–H groups in total. The van der Waals surface area contributed by atoms with Gasteiger partial charge in [0.15, 0.2) is 0 Å². The third-order valence-electron chi connectivity index (χ3n) is 3.49. The second-order valence-corrected chi connectivity index (χ2v) is 4.62. The lowest BCUT2D eigenvalue weighted by molar-refractivity contribution is 0.845. The molecule has 2 nitrogen and oxygen atoms in total. The van der Waals surface area contributed by atoms with Crippen molar-refractivity contribution in [3.63, 3.8) is 0 Å². The van der Waals surface area contributed by atoms with Crippen molar-refractivity contribution in [2.24, 2.45) is 0 Å². The van der Waals surface area contributed by atoms with E-state index in [0.29, 0.717) is 6.42 Å². The summed E-state index contributed by atoms with van der Waals surface area (Å²) in [5.41, 5.74) is 3.51. The van der Waals surface area contributed by atoms with Gasteiger partial charge in [0.1, 0.15) is 0 Å². The highest BCUT2D eigenvalue weighted by molar-refractivity contribution is 5.84. The van der Waals surface area contributed by atoms with Crippen LogP contribution in [0.4, 0.5) is 0 Å². The zero-order valence-electron chi connectivity index (χ0n) is 10.5. The molecule has 0 radical (unpaired) electrons. The Bertz CT molecular complexity index is 720. The van der Waals surface area contributed by atoms with E-state index in [-0.39, 0.29) is 5.92 Å². The van der Waals surface area contributed by atoms with Gasteiger partial charge in [-0.3, -0.25) is 0 Å². The molecule has 3 rings (SSSR count). The van der Waals surface area contributed by atoms with Crippen LogP contribution in [0.5, 0.6) is 0 Å². The van der Waals surface area contributed by atoms with Crippen molar-refractivity contribution >= 4 is 10.9 Å². The van der Waals surface area contributed by atoms with E-state index in [9.17, 15) is 0 Å². The number of nitrogens with one attached hydrogen (secondary N) is 1. The third kappa shape index (κ3) is 2.11. The minimum absolute atomic E-state index is 0.127. The maximum absolute atomic E-state index is 9.11. The first-order chi connectivity index (χ1) is 9.40. The summed E-state index contributed by atoms with van der Waals surface area (Å²) in [5, 5.41) is 10.3. The van der Waals surface area contributed by atoms with E-state index in [1.54, 1.807) is 0 Å². The molecule has 2 aromatic carbocycles. The van der Waals surface area contributed by atoms with Crippen molar-refractivity contribution in [3.05, 3.63) is 71.9 Å². The number of H-pyrrole nitrogens is 1. The Hall–Kier alpha value is -2.53. The number of para-hydroxylation sites is 1. The number of hydrogen-bond donors (Lipinski definition) is 1. The monoisotopic (exact) mass is 246 g/mol. The SMILES string of the molecule is N#CCC(c1ccccc1)c1c[nH]c2ccccc12. The van der Waals surface area contributed by atoms with Crippen LogP contribution < -0.4 is 0 Å². The minimum Gasteiger partial charge on any atom is -0.361 e. The van der Waals surface area contributed by atoms with Gasteiger partial charge in [0.25, 0.3) is 0 Å². The van der Waals surface area contributed by atoms with Crippen LogP contribution in [-0.4, -0.2) is 4.98 Å². The first-order valence-corrected chi connectivity index (χ1v) is 6.38. The summed E-state index contributed by atoms with van der Waals surface area (Å²) >= 11 is 0. The number of nitriles is 1. The van der Waals surface area contributed by atoms with Crippen LogP contribution in [0.1, 0.15) is 23.5 Å². The fourth-order valence-corrected chi connectivity index (χ4v) is 2.57. The number of aromatic nitrogens is 1. The first-order valence-electron chi connectivity index (χ1n) is 6.38. The Morgan fingerprint density at radius 1 is 1.00 bits per heavy atom. The maximum atomic E-state index is 9.11. The highest BCUT2D eigenvalue weighted by atomic mass is 14.7. The summed E-state index contributed by atoms with van der Waals surface area (Å²) in [6.07, 6.45) is 2.52. The number of rotatable bonds is 3.